The average Bonchev–Trinajstić information content (AvgIpc) is 2.45. The van der Waals surface area contributed by atoms with E-state index in [1.807, 2.05) is 0 Å². The number of anilines is 1. The van der Waals surface area contributed by atoms with Gasteiger partial charge in [0.25, 0.3) is 0 Å². The van der Waals surface area contributed by atoms with E-state index in [2.05, 4.69) is 0 Å². The second-order valence-corrected chi connectivity index (χ2v) is 3.22. The first kappa shape index (κ1) is 8.80. The van der Waals surface area contributed by atoms with Crippen LogP contribution in [0.4, 0.5) is 5.69 Å². The van der Waals surface area contributed by atoms with Crippen LogP contribution in [0.3, 0.4) is 0 Å². The summed E-state index contributed by atoms with van der Waals surface area (Å²) in [4.78, 5) is 22.1. The third-order valence-corrected chi connectivity index (χ3v) is 2.30. The lowest BCUT2D eigenvalue weighted by Gasteiger charge is -2.07. The zero-order valence-electron chi connectivity index (χ0n) is 7.37. The predicted octanol–water partition coefficient (Wildman–Crippen LogP) is 1.08. The number of carboxylic acids is 1. The second-order valence-electron chi connectivity index (χ2n) is 3.22. The SMILES string of the molecule is Nc1c(C(=O)O)oc2c1C(=O)CCC2. The van der Waals surface area contributed by atoms with E-state index < -0.39 is 5.97 Å². The molecule has 5 nitrogen and oxygen atoms in total. The highest BCUT2D eigenvalue weighted by Crippen LogP contribution is 2.31. The van der Waals surface area contributed by atoms with Crippen molar-refractivity contribution < 1.29 is 19.1 Å². The third kappa shape index (κ3) is 1.09. The van der Waals surface area contributed by atoms with Gasteiger partial charge in [0.1, 0.15) is 5.76 Å². The highest BCUT2D eigenvalue weighted by atomic mass is 16.4. The van der Waals surface area contributed by atoms with Gasteiger partial charge in [0.05, 0.1) is 11.3 Å². The number of ketones is 1. The van der Waals surface area contributed by atoms with Crippen molar-refractivity contribution in [3.8, 4) is 0 Å². The number of carbonyl (C=O) groups is 2. The van der Waals surface area contributed by atoms with Crippen LogP contribution in [0.2, 0.25) is 0 Å². The summed E-state index contributed by atoms with van der Waals surface area (Å²) in [5.41, 5.74) is 5.76. The van der Waals surface area contributed by atoms with Gasteiger partial charge in [-0.25, -0.2) is 4.79 Å². The lowest BCUT2D eigenvalue weighted by molar-refractivity contribution is 0.0661. The molecule has 0 spiro atoms. The van der Waals surface area contributed by atoms with Crippen LogP contribution in [0.5, 0.6) is 0 Å². The quantitative estimate of drug-likeness (QED) is 0.699. The molecule has 0 aromatic carbocycles. The fraction of sp³-hybridized carbons (Fsp3) is 0.333. The number of aromatic carboxylic acids is 1. The van der Waals surface area contributed by atoms with E-state index in [0.717, 1.165) is 0 Å². The Morgan fingerprint density at radius 1 is 1.43 bits per heavy atom. The Balaban J connectivity index is 2.60. The molecule has 0 saturated heterocycles. The first-order valence-corrected chi connectivity index (χ1v) is 4.29. The molecule has 1 aliphatic carbocycles. The Labute approximate surface area is 79.5 Å². The van der Waals surface area contributed by atoms with E-state index in [4.69, 9.17) is 15.3 Å². The summed E-state index contributed by atoms with van der Waals surface area (Å²) in [6, 6.07) is 0. The summed E-state index contributed by atoms with van der Waals surface area (Å²) in [7, 11) is 0. The maximum atomic E-state index is 11.4. The van der Waals surface area contributed by atoms with Gasteiger partial charge in [-0.2, -0.15) is 0 Å². The Hall–Kier alpha value is -1.78. The van der Waals surface area contributed by atoms with Crippen LogP contribution in [0.1, 0.15) is 39.5 Å². The van der Waals surface area contributed by atoms with E-state index in [-0.39, 0.29) is 22.8 Å². The zero-order valence-corrected chi connectivity index (χ0v) is 7.37. The van der Waals surface area contributed by atoms with Gasteiger partial charge in [0.15, 0.2) is 5.78 Å². The summed E-state index contributed by atoms with van der Waals surface area (Å²) < 4.78 is 5.02. The van der Waals surface area contributed by atoms with E-state index in [1.54, 1.807) is 0 Å². The van der Waals surface area contributed by atoms with Crippen LogP contribution in [0.15, 0.2) is 4.42 Å². The van der Waals surface area contributed by atoms with Gasteiger partial charge in [-0.05, 0) is 6.42 Å². The first-order valence-electron chi connectivity index (χ1n) is 4.29. The summed E-state index contributed by atoms with van der Waals surface area (Å²) in [6.45, 7) is 0. The number of carboxylic acid groups (broad SMARTS) is 1. The van der Waals surface area contributed by atoms with Crippen molar-refractivity contribution in [2.75, 3.05) is 5.73 Å². The Morgan fingerprint density at radius 2 is 2.14 bits per heavy atom. The molecule has 14 heavy (non-hydrogen) atoms. The minimum Gasteiger partial charge on any atom is -0.475 e. The summed E-state index contributed by atoms with van der Waals surface area (Å²) in [5, 5.41) is 8.72. The van der Waals surface area contributed by atoms with Crippen molar-refractivity contribution in [1.29, 1.82) is 0 Å². The smallest absolute Gasteiger partial charge is 0.374 e. The largest absolute Gasteiger partial charge is 0.475 e. The predicted molar refractivity (Wildman–Crippen MR) is 47.3 cm³/mol. The van der Waals surface area contributed by atoms with Gasteiger partial charge >= 0.3 is 5.97 Å². The molecule has 0 aliphatic heterocycles. The molecule has 1 aliphatic rings. The lowest BCUT2D eigenvalue weighted by Crippen LogP contribution is -2.10. The number of carbonyl (C=O) groups excluding carboxylic acids is 1. The van der Waals surface area contributed by atoms with Crippen molar-refractivity contribution in [3.05, 3.63) is 17.1 Å². The summed E-state index contributed by atoms with van der Waals surface area (Å²) in [5.74, 6) is -1.26. The van der Waals surface area contributed by atoms with E-state index in [1.165, 1.54) is 0 Å². The fourth-order valence-electron chi connectivity index (χ4n) is 1.67. The van der Waals surface area contributed by atoms with Gasteiger partial charge < -0.3 is 15.3 Å². The molecule has 2 rings (SSSR count). The minimum atomic E-state index is -1.23. The highest BCUT2D eigenvalue weighted by molar-refractivity contribution is 6.06. The van der Waals surface area contributed by atoms with Crippen LogP contribution < -0.4 is 5.73 Å². The number of Topliss-reactive ketones (excluding diaryl/α,β-unsaturated/α-hetero) is 1. The second kappa shape index (κ2) is 2.87. The van der Waals surface area contributed by atoms with Gasteiger partial charge in [-0.3, -0.25) is 4.79 Å². The normalized spacial score (nSPS) is 15.3. The molecule has 3 N–H and O–H groups in total. The van der Waals surface area contributed by atoms with Crippen molar-refractivity contribution in [1.82, 2.24) is 0 Å². The molecule has 0 bridgehead atoms. The molecule has 1 aromatic rings. The van der Waals surface area contributed by atoms with Crippen LogP contribution in [-0.2, 0) is 6.42 Å². The number of hydrogen-bond donors (Lipinski definition) is 2. The molecular weight excluding hydrogens is 186 g/mol. The molecule has 1 heterocycles. The molecule has 0 unspecified atom stereocenters. The van der Waals surface area contributed by atoms with Gasteiger partial charge in [-0.1, -0.05) is 0 Å². The van der Waals surface area contributed by atoms with Crippen molar-refractivity contribution in [3.63, 3.8) is 0 Å². The average molecular weight is 195 g/mol. The highest BCUT2D eigenvalue weighted by Gasteiger charge is 2.29. The molecular formula is C9H9NO4. The topological polar surface area (TPSA) is 93.5 Å². The maximum Gasteiger partial charge on any atom is 0.374 e. The van der Waals surface area contributed by atoms with Crippen LogP contribution >= 0.6 is 0 Å². The van der Waals surface area contributed by atoms with Gasteiger partial charge in [-0.15, -0.1) is 0 Å². The minimum absolute atomic E-state index is 0.0304. The van der Waals surface area contributed by atoms with Crippen LogP contribution in [0.25, 0.3) is 0 Å². The molecule has 1 aromatic heterocycles. The Kier molecular flexibility index (Phi) is 1.80. The number of nitrogen functional groups attached to an aromatic ring is 1. The zero-order chi connectivity index (χ0) is 10.3. The fourth-order valence-corrected chi connectivity index (χ4v) is 1.67. The van der Waals surface area contributed by atoms with E-state index >= 15 is 0 Å². The monoisotopic (exact) mass is 195 g/mol. The molecule has 0 amide bonds. The van der Waals surface area contributed by atoms with E-state index in [0.29, 0.717) is 25.0 Å². The third-order valence-electron chi connectivity index (χ3n) is 2.30. The summed E-state index contributed by atoms with van der Waals surface area (Å²) in [6.07, 6.45) is 1.69. The van der Waals surface area contributed by atoms with Crippen molar-refractivity contribution >= 4 is 17.4 Å². The molecule has 5 heteroatoms. The molecule has 0 radical (unpaired) electrons. The number of fused-ring (bicyclic) bond motifs is 1. The van der Waals surface area contributed by atoms with Gasteiger partial charge in [0.2, 0.25) is 5.76 Å². The standard InChI is InChI=1S/C9H9NO4/c10-7-6-4(11)2-1-3-5(6)14-8(7)9(12)13/h1-3,10H2,(H,12,13). The molecule has 0 atom stereocenters. The number of furan rings is 1. The maximum absolute atomic E-state index is 11.4. The number of aryl methyl sites for hydroxylation is 1. The number of hydrogen-bond acceptors (Lipinski definition) is 4. The Morgan fingerprint density at radius 3 is 2.71 bits per heavy atom. The van der Waals surface area contributed by atoms with Gasteiger partial charge in [0, 0.05) is 12.8 Å². The van der Waals surface area contributed by atoms with Crippen molar-refractivity contribution in [2.45, 2.75) is 19.3 Å². The van der Waals surface area contributed by atoms with E-state index in [9.17, 15) is 9.59 Å². The molecule has 74 valence electrons. The van der Waals surface area contributed by atoms with Crippen LogP contribution in [0, 0.1) is 0 Å². The van der Waals surface area contributed by atoms with Crippen molar-refractivity contribution in [2.24, 2.45) is 0 Å². The number of rotatable bonds is 1. The Bertz CT molecular complexity index is 419. The lowest BCUT2D eigenvalue weighted by atomic mass is 9.96. The molecule has 0 fully saturated rings. The first-order chi connectivity index (χ1) is 6.61. The molecule has 0 saturated carbocycles. The number of nitrogens with two attached hydrogens (primary N) is 1. The summed E-state index contributed by atoms with van der Waals surface area (Å²) >= 11 is 0. The van der Waals surface area contributed by atoms with Crippen LogP contribution in [-0.4, -0.2) is 16.9 Å².